The fourth-order valence-electron chi connectivity index (χ4n) is 3.11. The first kappa shape index (κ1) is 17.4. The Hall–Kier alpha value is -1.43. The molecule has 2 heterocycles. The Labute approximate surface area is 151 Å². The number of amides is 1. The normalized spacial score (nSPS) is 17.8. The van der Waals surface area contributed by atoms with Crippen LogP contribution in [0.15, 0.2) is 30.9 Å². The van der Waals surface area contributed by atoms with E-state index in [1.807, 2.05) is 25.1 Å². The predicted octanol–water partition coefficient (Wildman–Crippen LogP) is 3.82. The minimum Gasteiger partial charge on any atom is -0.351 e. The minimum absolute atomic E-state index is 0.0722. The molecule has 1 amide bonds. The van der Waals surface area contributed by atoms with Gasteiger partial charge >= 0.3 is 0 Å². The molecule has 1 aromatic carbocycles. The molecule has 2 aromatic rings. The largest absolute Gasteiger partial charge is 0.351 e. The second-order valence-corrected chi connectivity index (χ2v) is 7.68. The first-order valence-electron chi connectivity index (χ1n) is 8.27. The molecule has 1 aliphatic rings. The van der Waals surface area contributed by atoms with E-state index in [0.29, 0.717) is 12.5 Å². The standard InChI is InChI=1S/C18H22ClN3OS/c1-3-8-20-17(23)12(2)22-9-6-13(7-10-22)18-21-15-11-14(19)4-5-16(15)24-18/h3-5,11-13H,1,6-10H2,2H3,(H,20,23). The maximum atomic E-state index is 12.1. The van der Waals surface area contributed by atoms with Gasteiger partial charge in [-0.15, -0.1) is 17.9 Å². The first-order chi connectivity index (χ1) is 11.6. The summed E-state index contributed by atoms with van der Waals surface area (Å²) in [4.78, 5) is 19.1. The number of thiazole rings is 1. The van der Waals surface area contributed by atoms with Gasteiger partial charge in [0, 0.05) is 17.5 Å². The van der Waals surface area contributed by atoms with Crippen molar-refractivity contribution in [1.82, 2.24) is 15.2 Å². The zero-order chi connectivity index (χ0) is 17.1. The zero-order valence-electron chi connectivity index (χ0n) is 13.8. The Kier molecular flexibility index (Phi) is 5.54. The number of piperidine rings is 1. The van der Waals surface area contributed by atoms with E-state index in [0.717, 1.165) is 36.5 Å². The molecule has 0 radical (unpaired) electrons. The summed E-state index contributed by atoms with van der Waals surface area (Å²) in [6.45, 7) is 7.96. The van der Waals surface area contributed by atoms with E-state index in [-0.39, 0.29) is 11.9 Å². The molecule has 3 rings (SSSR count). The van der Waals surface area contributed by atoms with Crippen molar-refractivity contribution >= 4 is 39.1 Å². The van der Waals surface area contributed by atoms with Gasteiger partial charge < -0.3 is 5.32 Å². The maximum Gasteiger partial charge on any atom is 0.237 e. The number of hydrogen-bond acceptors (Lipinski definition) is 4. The van der Waals surface area contributed by atoms with Crippen LogP contribution in [-0.2, 0) is 4.79 Å². The van der Waals surface area contributed by atoms with Crippen LogP contribution in [-0.4, -0.2) is 41.5 Å². The number of rotatable bonds is 5. The van der Waals surface area contributed by atoms with Crippen LogP contribution in [0.5, 0.6) is 0 Å². The van der Waals surface area contributed by atoms with Crippen molar-refractivity contribution in [1.29, 1.82) is 0 Å². The molecule has 24 heavy (non-hydrogen) atoms. The molecule has 0 spiro atoms. The van der Waals surface area contributed by atoms with Crippen molar-refractivity contribution in [2.45, 2.75) is 31.7 Å². The fraction of sp³-hybridized carbons (Fsp3) is 0.444. The molecule has 1 N–H and O–H groups in total. The lowest BCUT2D eigenvalue weighted by Crippen LogP contribution is -2.48. The number of carbonyl (C=O) groups is 1. The van der Waals surface area contributed by atoms with Gasteiger partial charge in [-0.3, -0.25) is 9.69 Å². The third kappa shape index (κ3) is 3.79. The van der Waals surface area contributed by atoms with Gasteiger partial charge in [0.2, 0.25) is 5.91 Å². The summed E-state index contributed by atoms with van der Waals surface area (Å²) in [5, 5.41) is 4.79. The molecule has 0 bridgehead atoms. The Morgan fingerprint density at radius 3 is 3.00 bits per heavy atom. The van der Waals surface area contributed by atoms with Crippen molar-refractivity contribution in [3.8, 4) is 0 Å². The van der Waals surface area contributed by atoms with Gasteiger partial charge in [-0.1, -0.05) is 17.7 Å². The Morgan fingerprint density at radius 2 is 2.29 bits per heavy atom. The number of aromatic nitrogens is 1. The van der Waals surface area contributed by atoms with Crippen LogP contribution in [0, 0.1) is 0 Å². The Bertz CT molecular complexity index is 737. The number of fused-ring (bicyclic) bond motifs is 1. The number of nitrogens with zero attached hydrogens (tertiary/aromatic N) is 2. The molecule has 4 nitrogen and oxygen atoms in total. The average molecular weight is 364 g/mol. The van der Waals surface area contributed by atoms with Crippen molar-refractivity contribution in [2.75, 3.05) is 19.6 Å². The Morgan fingerprint density at radius 1 is 1.54 bits per heavy atom. The highest BCUT2D eigenvalue weighted by Gasteiger charge is 2.28. The van der Waals surface area contributed by atoms with Crippen LogP contribution in [0.4, 0.5) is 0 Å². The molecular formula is C18H22ClN3OS. The predicted molar refractivity (Wildman–Crippen MR) is 101 cm³/mol. The number of carbonyl (C=O) groups excluding carboxylic acids is 1. The van der Waals surface area contributed by atoms with E-state index in [1.54, 1.807) is 17.4 Å². The fourth-order valence-corrected chi connectivity index (χ4v) is 4.40. The van der Waals surface area contributed by atoms with Gasteiger partial charge in [0.15, 0.2) is 0 Å². The molecule has 6 heteroatoms. The van der Waals surface area contributed by atoms with Gasteiger partial charge in [0.05, 0.1) is 21.3 Å². The van der Waals surface area contributed by atoms with Crippen LogP contribution in [0.25, 0.3) is 10.2 Å². The minimum atomic E-state index is -0.0972. The average Bonchev–Trinajstić information content (AvgIpc) is 3.02. The van der Waals surface area contributed by atoms with E-state index in [2.05, 4.69) is 16.8 Å². The number of halogens is 1. The molecule has 1 aliphatic heterocycles. The second-order valence-electron chi connectivity index (χ2n) is 6.18. The van der Waals surface area contributed by atoms with Crippen molar-refractivity contribution in [2.24, 2.45) is 0 Å². The van der Waals surface area contributed by atoms with Gasteiger partial charge in [-0.2, -0.15) is 0 Å². The summed E-state index contributed by atoms with van der Waals surface area (Å²) in [6.07, 6.45) is 3.77. The quantitative estimate of drug-likeness (QED) is 0.821. The van der Waals surface area contributed by atoms with E-state index < -0.39 is 0 Å². The lowest BCUT2D eigenvalue weighted by Gasteiger charge is -2.34. The first-order valence-corrected chi connectivity index (χ1v) is 9.46. The van der Waals surface area contributed by atoms with Crippen LogP contribution >= 0.6 is 22.9 Å². The summed E-state index contributed by atoms with van der Waals surface area (Å²) in [5.74, 6) is 0.545. The molecule has 1 fully saturated rings. The number of hydrogen-bond donors (Lipinski definition) is 1. The van der Waals surface area contributed by atoms with Crippen LogP contribution in [0.2, 0.25) is 5.02 Å². The van der Waals surface area contributed by atoms with E-state index in [9.17, 15) is 4.79 Å². The molecule has 1 saturated heterocycles. The number of nitrogens with one attached hydrogen (secondary N) is 1. The third-order valence-electron chi connectivity index (χ3n) is 4.59. The molecule has 1 aromatic heterocycles. The highest BCUT2D eigenvalue weighted by molar-refractivity contribution is 7.18. The van der Waals surface area contributed by atoms with Gasteiger partial charge in [-0.05, 0) is 51.1 Å². The summed E-state index contributed by atoms with van der Waals surface area (Å²) < 4.78 is 1.19. The van der Waals surface area contributed by atoms with Gasteiger partial charge in [-0.25, -0.2) is 4.98 Å². The maximum absolute atomic E-state index is 12.1. The lowest BCUT2D eigenvalue weighted by molar-refractivity contribution is -0.126. The highest BCUT2D eigenvalue weighted by Crippen LogP contribution is 2.35. The number of likely N-dealkylation sites (tertiary alicyclic amines) is 1. The molecule has 0 saturated carbocycles. The van der Waals surface area contributed by atoms with Crippen LogP contribution in [0.3, 0.4) is 0 Å². The molecule has 1 atom stereocenters. The van der Waals surface area contributed by atoms with Crippen molar-refractivity contribution < 1.29 is 4.79 Å². The second kappa shape index (κ2) is 7.64. The topological polar surface area (TPSA) is 45.2 Å². The lowest BCUT2D eigenvalue weighted by atomic mass is 9.96. The molecular weight excluding hydrogens is 342 g/mol. The smallest absolute Gasteiger partial charge is 0.237 e. The summed E-state index contributed by atoms with van der Waals surface area (Å²) in [6, 6.07) is 5.79. The van der Waals surface area contributed by atoms with Crippen molar-refractivity contribution in [3.05, 3.63) is 40.9 Å². The third-order valence-corrected chi connectivity index (χ3v) is 6.03. The SMILES string of the molecule is C=CCNC(=O)C(C)N1CCC(c2nc3cc(Cl)ccc3s2)CC1. The molecule has 128 valence electrons. The highest BCUT2D eigenvalue weighted by atomic mass is 35.5. The summed E-state index contributed by atoms with van der Waals surface area (Å²) in [7, 11) is 0. The summed E-state index contributed by atoms with van der Waals surface area (Å²) >= 11 is 7.81. The van der Waals surface area contributed by atoms with E-state index in [1.165, 1.54) is 9.71 Å². The van der Waals surface area contributed by atoms with E-state index >= 15 is 0 Å². The zero-order valence-corrected chi connectivity index (χ0v) is 15.4. The molecule has 1 unspecified atom stereocenters. The molecule has 0 aliphatic carbocycles. The van der Waals surface area contributed by atoms with Crippen LogP contribution < -0.4 is 5.32 Å². The Balaban J connectivity index is 1.61. The van der Waals surface area contributed by atoms with E-state index in [4.69, 9.17) is 16.6 Å². The van der Waals surface area contributed by atoms with Crippen LogP contribution in [0.1, 0.15) is 30.7 Å². The monoisotopic (exact) mass is 363 g/mol. The number of benzene rings is 1. The van der Waals surface area contributed by atoms with Gasteiger partial charge in [0.1, 0.15) is 0 Å². The van der Waals surface area contributed by atoms with Gasteiger partial charge in [0.25, 0.3) is 0 Å². The van der Waals surface area contributed by atoms with Crippen molar-refractivity contribution in [3.63, 3.8) is 0 Å². The summed E-state index contributed by atoms with van der Waals surface area (Å²) in [5.41, 5.74) is 0.988.